The van der Waals surface area contributed by atoms with Crippen LogP contribution in [0.3, 0.4) is 0 Å². The fourth-order valence-corrected chi connectivity index (χ4v) is 3.84. The quantitative estimate of drug-likeness (QED) is 0.568. The average Bonchev–Trinajstić information content (AvgIpc) is 3.37. The minimum Gasteiger partial charge on any atom is -0.325 e. The molecule has 0 bridgehead atoms. The SMILES string of the molecule is O=C(Cn1cnc2c(cnn2-c2ccc(F)cc2)c1=O)Nc1ccc2c(c1)CCC2. The molecule has 0 aliphatic heterocycles. The summed E-state index contributed by atoms with van der Waals surface area (Å²) in [6.07, 6.45) is 5.98. The molecule has 2 aromatic heterocycles. The molecule has 1 N–H and O–H groups in total. The molecule has 0 saturated heterocycles. The lowest BCUT2D eigenvalue weighted by molar-refractivity contribution is -0.116. The number of halogens is 1. The van der Waals surface area contributed by atoms with E-state index in [2.05, 4.69) is 15.4 Å². The van der Waals surface area contributed by atoms with E-state index in [1.807, 2.05) is 18.2 Å². The Labute approximate surface area is 170 Å². The number of carbonyl (C=O) groups excluding carboxylic acids is 1. The Morgan fingerprint density at radius 2 is 1.90 bits per heavy atom. The maximum absolute atomic E-state index is 13.2. The summed E-state index contributed by atoms with van der Waals surface area (Å²) in [4.78, 5) is 29.6. The Morgan fingerprint density at radius 1 is 1.10 bits per heavy atom. The number of benzene rings is 2. The van der Waals surface area contributed by atoms with Crippen LogP contribution >= 0.6 is 0 Å². The number of nitrogens with zero attached hydrogens (tertiary/aromatic N) is 4. The zero-order valence-electron chi connectivity index (χ0n) is 16.0. The van der Waals surface area contributed by atoms with Gasteiger partial charge in [0.1, 0.15) is 24.1 Å². The van der Waals surface area contributed by atoms with Gasteiger partial charge in [-0.3, -0.25) is 14.2 Å². The first-order valence-electron chi connectivity index (χ1n) is 9.69. The van der Waals surface area contributed by atoms with E-state index in [1.165, 1.54) is 45.0 Å². The molecule has 150 valence electrons. The summed E-state index contributed by atoms with van der Waals surface area (Å²) in [5.74, 6) is -0.665. The highest BCUT2D eigenvalue weighted by Crippen LogP contribution is 2.24. The topological polar surface area (TPSA) is 81.8 Å². The van der Waals surface area contributed by atoms with Crippen molar-refractivity contribution < 1.29 is 9.18 Å². The largest absolute Gasteiger partial charge is 0.325 e. The highest BCUT2D eigenvalue weighted by atomic mass is 19.1. The second-order valence-electron chi connectivity index (χ2n) is 7.33. The maximum Gasteiger partial charge on any atom is 0.264 e. The molecule has 0 spiro atoms. The normalized spacial score (nSPS) is 12.8. The van der Waals surface area contributed by atoms with Gasteiger partial charge in [0.05, 0.1) is 11.9 Å². The first-order valence-corrected chi connectivity index (χ1v) is 9.69. The molecular weight excluding hydrogens is 385 g/mol. The van der Waals surface area contributed by atoms with Crippen LogP contribution in [-0.4, -0.2) is 25.2 Å². The van der Waals surface area contributed by atoms with Crippen molar-refractivity contribution in [2.45, 2.75) is 25.8 Å². The van der Waals surface area contributed by atoms with Crippen LogP contribution in [-0.2, 0) is 24.2 Å². The van der Waals surface area contributed by atoms with Crippen LogP contribution < -0.4 is 10.9 Å². The predicted octanol–water partition coefficient (Wildman–Crippen LogP) is 2.85. The fraction of sp³-hybridized carbons (Fsp3) is 0.182. The Kier molecular flexibility index (Phi) is 4.39. The number of amides is 1. The number of hydrogen-bond acceptors (Lipinski definition) is 4. The highest BCUT2D eigenvalue weighted by Gasteiger charge is 2.15. The van der Waals surface area contributed by atoms with E-state index >= 15 is 0 Å². The van der Waals surface area contributed by atoms with Crippen LogP contribution in [0, 0.1) is 5.82 Å². The van der Waals surface area contributed by atoms with Gasteiger partial charge in [0.25, 0.3) is 5.56 Å². The van der Waals surface area contributed by atoms with Gasteiger partial charge >= 0.3 is 0 Å². The lowest BCUT2D eigenvalue weighted by Gasteiger charge is -2.09. The van der Waals surface area contributed by atoms with Gasteiger partial charge in [0, 0.05) is 5.69 Å². The molecule has 1 amide bonds. The third-order valence-electron chi connectivity index (χ3n) is 5.32. The molecule has 8 heteroatoms. The van der Waals surface area contributed by atoms with Crippen molar-refractivity contribution in [2.24, 2.45) is 0 Å². The highest BCUT2D eigenvalue weighted by molar-refractivity contribution is 5.91. The summed E-state index contributed by atoms with van der Waals surface area (Å²) in [5, 5.41) is 7.33. The third-order valence-corrected chi connectivity index (χ3v) is 5.32. The van der Waals surface area contributed by atoms with Gasteiger partial charge in [0.2, 0.25) is 5.91 Å². The van der Waals surface area contributed by atoms with E-state index in [4.69, 9.17) is 0 Å². The van der Waals surface area contributed by atoms with Crippen LogP contribution in [0.5, 0.6) is 0 Å². The van der Waals surface area contributed by atoms with Crippen molar-refractivity contribution >= 4 is 22.6 Å². The minimum atomic E-state index is -0.363. The third kappa shape index (κ3) is 3.26. The summed E-state index contributed by atoms with van der Waals surface area (Å²) < 4.78 is 15.9. The van der Waals surface area contributed by atoms with Crippen LogP contribution in [0.2, 0.25) is 0 Å². The van der Waals surface area contributed by atoms with Crippen LogP contribution in [0.1, 0.15) is 17.5 Å². The monoisotopic (exact) mass is 403 g/mol. The number of aromatic nitrogens is 4. The van der Waals surface area contributed by atoms with Crippen LogP contribution in [0.4, 0.5) is 10.1 Å². The van der Waals surface area contributed by atoms with Crippen molar-refractivity contribution in [3.63, 3.8) is 0 Å². The van der Waals surface area contributed by atoms with E-state index < -0.39 is 0 Å². The number of anilines is 1. The lowest BCUT2D eigenvalue weighted by Crippen LogP contribution is -2.27. The summed E-state index contributed by atoms with van der Waals surface area (Å²) in [7, 11) is 0. The lowest BCUT2D eigenvalue weighted by atomic mass is 10.1. The van der Waals surface area contributed by atoms with E-state index in [9.17, 15) is 14.0 Å². The summed E-state index contributed by atoms with van der Waals surface area (Å²) in [6.45, 7) is -0.152. The Morgan fingerprint density at radius 3 is 2.73 bits per heavy atom. The molecule has 0 atom stereocenters. The molecule has 0 saturated carbocycles. The smallest absolute Gasteiger partial charge is 0.264 e. The number of rotatable bonds is 4. The van der Waals surface area contributed by atoms with Gasteiger partial charge in [-0.2, -0.15) is 5.10 Å². The second kappa shape index (κ2) is 7.22. The van der Waals surface area contributed by atoms with Gasteiger partial charge in [-0.15, -0.1) is 0 Å². The molecule has 2 aromatic carbocycles. The molecule has 1 aliphatic carbocycles. The van der Waals surface area contributed by atoms with Gasteiger partial charge in [0.15, 0.2) is 5.65 Å². The summed E-state index contributed by atoms with van der Waals surface area (Å²) >= 11 is 0. The van der Waals surface area contributed by atoms with Crippen molar-refractivity contribution in [1.29, 1.82) is 0 Å². The van der Waals surface area contributed by atoms with E-state index in [0.29, 0.717) is 11.3 Å². The summed E-state index contributed by atoms with van der Waals surface area (Å²) in [6, 6.07) is 11.7. The molecule has 1 aliphatic rings. The van der Waals surface area contributed by atoms with E-state index in [0.717, 1.165) is 24.9 Å². The van der Waals surface area contributed by atoms with Gasteiger partial charge < -0.3 is 5.32 Å². The molecule has 0 unspecified atom stereocenters. The van der Waals surface area contributed by atoms with E-state index in [1.54, 1.807) is 12.1 Å². The van der Waals surface area contributed by atoms with Gasteiger partial charge in [-0.1, -0.05) is 6.07 Å². The minimum absolute atomic E-state index is 0.152. The van der Waals surface area contributed by atoms with Crippen LogP contribution in [0.25, 0.3) is 16.7 Å². The van der Waals surface area contributed by atoms with E-state index in [-0.39, 0.29) is 29.2 Å². The van der Waals surface area contributed by atoms with Crippen LogP contribution in [0.15, 0.2) is 59.8 Å². The van der Waals surface area contributed by atoms with Crippen molar-refractivity contribution in [1.82, 2.24) is 19.3 Å². The Bertz CT molecular complexity index is 1320. The number of fused-ring (bicyclic) bond motifs is 2. The zero-order valence-corrected chi connectivity index (χ0v) is 16.0. The first-order chi connectivity index (χ1) is 14.6. The van der Waals surface area contributed by atoms with Crippen molar-refractivity contribution in [3.8, 4) is 5.69 Å². The zero-order chi connectivity index (χ0) is 20.7. The maximum atomic E-state index is 13.2. The standard InChI is InChI=1S/C22H18FN5O2/c23-16-5-8-18(9-6-16)28-21-19(11-25-28)22(30)27(13-24-21)12-20(29)26-17-7-4-14-2-1-3-15(14)10-17/h4-11,13H,1-3,12H2,(H,26,29). The van der Waals surface area contributed by atoms with Gasteiger partial charge in [-0.05, 0) is 66.8 Å². The van der Waals surface area contributed by atoms with Crippen molar-refractivity contribution in [3.05, 3.63) is 82.3 Å². The Balaban J connectivity index is 1.38. The Hall–Kier alpha value is -3.81. The number of nitrogens with one attached hydrogen (secondary N) is 1. The first kappa shape index (κ1) is 18.2. The molecular formula is C22H18FN5O2. The molecule has 0 radical (unpaired) electrons. The molecule has 30 heavy (non-hydrogen) atoms. The fourth-order valence-electron chi connectivity index (χ4n) is 3.84. The number of carbonyl (C=O) groups is 1. The van der Waals surface area contributed by atoms with Crippen molar-refractivity contribution in [2.75, 3.05) is 5.32 Å². The number of aryl methyl sites for hydroxylation is 2. The molecule has 0 fully saturated rings. The molecule has 2 heterocycles. The molecule has 4 aromatic rings. The summed E-state index contributed by atoms with van der Waals surface area (Å²) in [5.41, 5.74) is 3.90. The second-order valence-corrected chi connectivity index (χ2v) is 7.33. The number of hydrogen-bond donors (Lipinski definition) is 1. The molecule has 7 nitrogen and oxygen atoms in total. The average molecular weight is 403 g/mol. The molecule has 5 rings (SSSR count). The van der Waals surface area contributed by atoms with Gasteiger partial charge in [-0.25, -0.2) is 14.1 Å². The predicted molar refractivity (Wildman–Crippen MR) is 110 cm³/mol.